The maximum absolute atomic E-state index is 9.54. The zero-order valence-corrected chi connectivity index (χ0v) is 51.7. The molecular formula is C78H64BN5OPt-2. The number of rotatable bonds is 10. The van der Waals surface area contributed by atoms with Crippen LogP contribution in [0.1, 0.15) is 74.8 Å². The first-order valence-electron chi connectivity index (χ1n) is 30.7. The molecule has 422 valence electrons. The average Bonchev–Trinajstić information content (AvgIpc) is 1.49. The molecule has 2 aromatic heterocycles. The van der Waals surface area contributed by atoms with Gasteiger partial charge in [0.05, 0.1) is 0 Å². The molecule has 0 bridgehead atoms. The van der Waals surface area contributed by atoms with E-state index in [4.69, 9.17) is 9.72 Å². The number of para-hydroxylation sites is 4. The van der Waals surface area contributed by atoms with Gasteiger partial charge in [-0.05, 0) is 11.6 Å². The van der Waals surface area contributed by atoms with Gasteiger partial charge in [-0.25, -0.2) is 0 Å². The molecule has 0 radical (unpaired) electrons. The number of hydrogen-bond acceptors (Lipinski definition) is 4. The summed E-state index contributed by atoms with van der Waals surface area (Å²) in [7, 11) is 0. The molecule has 3 aliphatic heterocycles. The Morgan fingerprint density at radius 1 is 0.523 bits per heavy atom. The Kier molecular flexibility index (Phi) is 12.3. The van der Waals surface area contributed by atoms with Gasteiger partial charge in [0.2, 0.25) is 0 Å². The van der Waals surface area contributed by atoms with Gasteiger partial charge >= 0.3 is 451 Å². The monoisotopic (exact) mass is 1290 g/mol. The van der Waals surface area contributed by atoms with Crippen molar-refractivity contribution in [2.45, 2.75) is 72.6 Å². The molecule has 0 unspecified atom stereocenters. The maximum atomic E-state index is 9.54. The van der Waals surface area contributed by atoms with Gasteiger partial charge in [0.15, 0.2) is 0 Å². The van der Waals surface area contributed by atoms with Gasteiger partial charge in [-0.2, -0.15) is 12.1 Å². The van der Waals surface area contributed by atoms with E-state index in [0.717, 1.165) is 88.0 Å². The summed E-state index contributed by atoms with van der Waals surface area (Å²) < 4.78 is 32.1. The quantitative estimate of drug-likeness (QED) is 0.101. The van der Waals surface area contributed by atoms with E-state index in [1.807, 2.05) is 50.2 Å². The predicted molar refractivity (Wildman–Crippen MR) is 352 cm³/mol. The van der Waals surface area contributed by atoms with E-state index in [-0.39, 0.29) is 23.7 Å². The summed E-state index contributed by atoms with van der Waals surface area (Å²) in [6, 6.07) is 87.3. The van der Waals surface area contributed by atoms with E-state index in [0.29, 0.717) is 22.8 Å². The number of pyridine rings is 1. The third-order valence-corrected chi connectivity index (χ3v) is 18.2. The minimum absolute atomic E-state index is 0.146. The van der Waals surface area contributed by atoms with Gasteiger partial charge < -0.3 is 0 Å². The number of anilines is 4. The summed E-state index contributed by atoms with van der Waals surface area (Å²) in [4.78, 5) is 10.3. The second-order valence-electron chi connectivity index (χ2n) is 25.2. The Hall–Kier alpha value is -9.03. The zero-order valence-electron chi connectivity index (χ0n) is 51.5. The van der Waals surface area contributed by atoms with Crippen LogP contribution < -0.4 is 19.8 Å². The number of aromatic nitrogens is 3. The van der Waals surface area contributed by atoms with Crippen molar-refractivity contribution in [3.8, 4) is 89.8 Å². The van der Waals surface area contributed by atoms with E-state index < -0.39 is 6.37 Å². The van der Waals surface area contributed by atoms with Crippen molar-refractivity contribution < 1.29 is 26.8 Å². The molecule has 12 aromatic rings. The van der Waals surface area contributed by atoms with Gasteiger partial charge in [0.1, 0.15) is 0 Å². The van der Waals surface area contributed by atoms with Gasteiger partial charge in [-0.15, -0.1) is 6.07 Å². The van der Waals surface area contributed by atoms with Crippen molar-refractivity contribution in [2.24, 2.45) is 5.92 Å². The van der Waals surface area contributed by atoms with Crippen molar-refractivity contribution in [1.29, 1.82) is 0 Å². The van der Waals surface area contributed by atoms with Gasteiger partial charge in [-0.3, -0.25) is 0 Å². The number of fused-ring (bicyclic) bond motifs is 10. The molecule has 86 heavy (non-hydrogen) atoms. The molecule has 5 heterocycles. The van der Waals surface area contributed by atoms with Crippen molar-refractivity contribution in [1.82, 2.24) is 14.1 Å². The fourth-order valence-corrected chi connectivity index (χ4v) is 14.2. The molecule has 0 saturated carbocycles. The molecule has 3 aliphatic rings. The molecule has 15 rings (SSSR count). The zero-order chi connectivity index (χ0) is 60.5. The van der Waals surface area contributed by atoms with E-state index in [9.17, 15) is 2.74 Å². The standard InChI is InChI=1S/C78H64BN5O.Pt/c1-50(2)42-53-28-15-16-29-59(53)61-39-38-58(48-72(61)85-73-41-40-64-63-32-23-31-62-60-30-17-18-33-67(60)83-70-36-21-22-37-71(70)84(76(64)80-73)79(83)74(62)63)81-49-82(69-35-20-19-34-68(69)81)75-65(52-26-13-10-14-27-52)46-57(78(6,7)8)47-66(75)55-43-54(51-24-11-9-12-25-51)44-56(45-55)77(3,4)5;/h9-36,38-41,43-47,50H,42H2,1-8H3;/q-2;/i42D2;. The van der Waals surface area contributed by atoms with Crippen molar-refractivity contribution in [3.05, 3.63) is 257 Å². The van der Waals surface area contributed by atoms with Crippen LogP contribution in [0.25, 0.3) is 89.2 Å². The van der Waals surface area contributed by atoms with Crippen LogP contribution >= 0.6 is 0 Å². The Balaban J connectivity index is 0.961. The number of imidazole rings is 1. The van der Waals surface area contributed by atoms with Crippen LogP contribution in [0, 0.1) is 21.9 Å². The minimum atomic E-state index is -1.67. The van der Waals surface area contributed by atoms with Crippen molar-refractivity contribution in [2.75, 3.05) is 9.62 Å². The summed E-state index contributed by atoms with van der Waals surface area (Å²) in [5.74, 6) is 1.26. The Morgan fingerprint density at radius 3 is 1.85 bits per heavy atom. The van der Waals surface area contributed by atoms with E-state index in [1.54, 1.807) is 0 Å². The number of ether oxygens (including phenoxy) is 1. The fraction of sp³-hybridized carbons (Fsp3) is 0.154. The number of benzene rings is 10. The van der Waals surface area contributed by atoms with Crippen molar-refractivity contribution in [3.63, 3.8) is 0 Å². The third kappa shape index (κ3) is 8.88. The first kappa shape index (κ1) is 51.4. The average molecular weight is 1300 g/mol. The van der Waals surface area contributed by atoms with Crippen LogP contribution in [-0.4, -0.2) is 21.1 Å². The summed E-state index contributed by atoms with van der Waals surface area (Å²) in [6.45, 7) is 17.5. The molecule has 0 atom stereocenters. The van der Waals surface area contributed by atoms with Crippen LogP contribution in [0.15, 0.2) is 224 Å². The van der Waals surface area contributed by atoms with Crippen LogP contribution in [0.3, 0.4) is 0 Å². The van der Waals surface area contributed by atoms with E-state index >= 15 is 0 Å². The molecule has 0 aliphatic carbocycles. The summed E-state index contributed by atoms with van der Waals surface area (Å²) in [5, 5.41) is 0. The van der Waals surface area contributed by atoms with Gasteiger partial charge in [0.25, 0.3) is 0 Å². The molecule has 8 heteroatoms. The third-order valence-electron chi connectivity index (χ3n) is 17.2. The molecular weight excluding hydrogens is 1230 g/mol. The van der Waals surface area contributed by atoms with Crippen LogP contribution in [0.2, 0.25) is 0 Å². The normalized spacial score (nSPS) is 13.5. The summed E-state index contributed by atoms with van der Waals surface area (Å²) >= 11 is 2.52. The van der Waals surface area contributed by atoms with Crippen LogP contribution in [0.5, 0.6) is 11.6 Å². The number of hydrogen-bond donors (Lipinski definition) is 0. The molecule has 6 nitrogen and oxygen atoms in total. The van der Waals surface area contributed by atoms with Gasteiger partial charge in [0, 0.05) is 11.3 Å². The van der Waals surface area contributed by atoms with Gasteiger partial charge in [-0.1, -0.05) is 30.3 Å². The first-order valence-corrected chi connectivity index (χ1v) is 30.9. The summed E-state index contributed by atoms with van der Waals surface area (Å²) in [5.41, 5.74) is 23.7. The molecule has 0 saturated heterocycles. The number of nitrogens with zero attached hydrogens (tertiary/aromatic N) is 5. The van der Waals surface area contributed by atoms with Crippen molar-refractivity contribution >= 4 is 46.4 Å². The van der Waals surface area contributed by atoms with E-state index in [1.165, 1.54) is 38.8 Å². The second-order valence-corrected chi connectivity index (χ2v) is 26.2. The molecule has 0 spiro atoms. The summed E-state index contributed by atoms with van der Waals surface area (Å²) in [6.07, 6.45) is -1.67. The van der Waals surface area contributed by atoms with Crippen LogP contribution in [-0.2, 0) is 36.6 Å². The Labute approximate surface area is 519 Å². The topological polar surface area (TPSA) is 38.5 Å². The van der Waals surface area contributed by atoms with E-state index in [2.05, 4.69) is 280 Å². The molecule has 0 N–H and O–H groups in total. The first-order chi connectivity index (χ1) is 42.4. The van der Waals surface area contributed by atoms with Crippen LogP contribution in [0.4, 0.5) is 22.9 Å². The molecule has 0 fully saturated rings. The second kappa shape index (κ2) is 20.6. The molecule has 10 aromatic carbocycles. The Bertz CT molecular complexity index is 4860. The molecule has 0 amide bonds. The predicted octanol–water partition coefficient (Wildman–Crippen LogP) is 19.4. The Morgan fingerprint density at radius 2 is 1.12 bits per heavy atom. The SMILES string of the molecule is [2H]C([2H])(c1ccccc1-c1ccc(-n2[c](=[Pt])n(-c3c(-c4ccccc4)cc(C(C)(C)C)cc3-c3cc(-c4ccccc4)cc(C(C)(C)C)c3)c3ccccc32)[c-]c1Oc1ccc2c(n1)N1B3c4c(cccc4-2)-c2ccccc2N3c2ccc[c-]c21)C(C)C. The fourth-order valence-electron chi connectivity index (χ4n) is 13.1.